The van der Waals surface area contributed by atoms with Gasteiger partial charge in [-0.3, -0.25) is 0 Å². The third-order valence-electron chi connectivity index (χ3n) is 5.63. The molecular weight excluding hydrogens is 437 g/mol. The minimum Gasteiger partial charge on any atom is -0.465 e. The molecular formula is C22H23F3N6O2. The molecule has 2 atom stereocenters. The number of rotatable bonds is 6. The molecule has 0 aliphatic carbocycles. The highest BCUT2D eigenvalue weighted by Gasteiger charge is 2.25. The van der Waals surface area contributed by atoms with Crippen molar-refractivity contribution >= 4 is 28.6 Å². The lowest BCUT2D eigenvalue weighted by molar-refractivity contribution is 0.146. The number of fused-ring (bicyclic) bond motifs is 1. The van der Waals surface area contributed by atoms with E-state index in [1.807, 2.05) is 4.90 Å². The standard InChI is InChI=1S/C22H23F3N6O2/c1-11(14-4-3-5-15(19(14)23)20(24)25)27-21-16-8-18(26-9-17(16)28-12(2)29-21)31-7-6-13(10-31)30-22(32)33/h3-5,8-9,11,13,20,30H,6-7,10H2,1-2H3,(H,32,33)(H,27,28,29)/t11-,13-/m1/s1. The second-order valence-corrected chi connectivity index (χ2v) is 7.98. The molecule has 0 spiro atoms. The number of nitrogens with zero attached hydrogens (tertiary/aromatic N) is 4. The molecule has 8 nitrogen and oxygen atoms in total. The van der Waals surface area contributed by atoms with Crippen LogP contribution < -0.4 is 15.5 Å². The van der Waals surface area contributed by atoms with E-state index in [4.69, 9.17) is 5.11 Å². The molecule has 2 aromatic heterocycles. The van der Waals surface area contributed by atoms with Gasteiger partial charge in [0.2, 0.25) is 0 Å². The van der Waals surface area contributed by atoms with Crippen LogP contribution in [0.2, 0.25) is 0 Å². The predicted octanol–water partition coefficient (Wildman–Crippen LogP) is 4.43. The number of carbonyl (C=O) groups is 1. The average molecular weight is 460 g/mol. The fourth-order valence-electron chi connectivity index (χ4n) is 4.04. The van der Waals surface area contributed by atoms with Gasteiger partial charge in [0, 0.05) is 24.0 Å². The number of nitrogens with one attached hydrogen (secondary N) is 2. The second-order valence-electron chi connectivity index (χ2n) is 7.98. The second kappa shape index (κ2) is 9.08. The van der Waals surface area contributed by atoms with E-state index in [0.29, 0.717) is 47.9 Å². The maximum absolute atomic E-state index is 14.6. The van der Waals surface area contributed by atoms with Crippen LogP contribution in [0, 0.1) is 12.7 Å². The van der Waals surface area contributed by atoms with Crippen molar-refractivity contribution in [2.45, 2.75) is 38.8 Å². The van der Waals surface area contributed by atoms with Crippen LogP contribution in [-0.2, 0) is 0 Å². The van der Waals surface area contributed by atoms with Gasteiger partial charge in [-0.2, -0.15) is 0 Å². The third-order valence-corrected chi connectivity index (χ3v) is 5.63. The van der Waals surface area contributed by atoms with Gasteiger partial charge in [0.05, 0.1) is 29.4 Å². The monoisotopic (exact) mass is 460 g/mol. The van der Waals surface area contributed by atoms with Crippen molar-refractivity contribution in [3.8, 4) is 0 Å². The Bertz CT molecular complexity index is 1190. The van der Waals surface area contributed by atoms with Gasteiger partial charge < -0.3 is 20.6 Å². The first-order chi connectivity index (χ1) is 15.7. The van der Waals surface area contributed by atoms with Crippen LogP contribution >= 0.6 is 0 Å². The van der Waals surface area contributed by atoms with E-state index >= 15 is 0 Å². The molecule has 3 aromatic rings. The van der Waals surface area contributed by atoms with Gasteiger partial charge in [0.1, 0.15) is 23.3 Å². The van der Waals surface area contributed by atoms with Crippen LogP contribution in [0.4, 0.5) is 29.6 Å². The first-order valence-electron chi connectivity index (χ1n) is 10.4. The van der Waals surface area contributed by atoms with Gasteiger partial charge in [-0.25, -0.2) is 32.9 Å². The molecule has 33 heavy (non-hydrogen) atoms. The van der Waals surface area contributed by atoms with Crippen molar-refractivity contribution in [3.63, 3.8) is 0 Å². The molecule has 1 amide bonds. The fourth-order valence-corrected chi connectivity index (χ4v) is 4.04. The van der Waals surface area contributed by atoms with Crippen LogP contribution in [-0.4, -0.2) is 45.3 Å². The lowest BCUT2D eigenvalue weighted by atomic mass is 10.0. The topological polar surface area (TPSA) is 103 Å². The summed E-state index contributed by atoms with van der Waals surface area (Å²) in [5.41, 5.74) is 0.0331. The molecule has 1 fully saturated rings. The van der Waals surface area contributed by atoms with Crippen LogP contribution in [0.3, 0.4) is 0 Å². The van der Waals surface area contributed by atoms with Gasteiger partial charge in [-0.1, -0.05) is 18.2 Å². The summed E-state index contributed by atoms with van der Waals surface area (Å²) < 4.78 is 40.9. The number of alkyl halides is 2. The summed E-state index contributed by atoms with van der Waals surface area (Å²) in [6.07, 6.45) is -1.72. The number of anilines is 2. The lowest BCUT2D eigenvalue weighted by Gasteiger charge is -2.20. The number of hydrogen-bond acceptors (Lipinski definition) is 6. The van der Waals surface area contributed by atoms with E-state index in [2.05, 4.69) is 25.6 Å². The average Bonchev–Trinajstić information content (AvgIpc) is 3.21. The van der Waals surface area contributed by atoms with E-state index in [0.717, 1.165) is 6.07 Å². The number of pyridine rings is 1. The van der Waals surface area contributed by atoms with E-state index in [-0.39, 0.29) is 11.6 Å². The summed E-state index contributed by atoms with van der Waals surface area (Å²) in [6, 6.07) is 4.88. The SMILES string of the molecule is Cc1nc(N[C@H](C)c2cccc(C(F)F)c2F)c2cc(N3CC[C@@H](NC(=O)O)C3)ncc2n1. The highest BCUT2D eigenvalue weighted by molar-refractivity contribution is 5.90. The summed E-state index contributed by atoms with van der Waals surface area (Å²) in [7, 11) is 0. The largest absolute Gasteiger partial charge is 0.465 e. The van der Waals surface area contributed by atoms with E-state index in [1.54, 1.807) is 26.1 Å². The fraction of sp³-hybridized carbons (Fsp3) is 0.364. The molecule has 4 rings (SSSR count). The summed E-state index contributed by atoms with van der Waals surface area (Å²) in [5, 5.41) is 15.2. The maximum Gasteiger partial charge on any atom is 0.404 e. The Morgan fingerprint density at radius 1 is 1.27 bits per heavy atom. The van der Waals surface area contributed by atoms with Crippen molar-refractivity contribution < 1.29 is 23.1 Å². The third kappa shape index (κ3) is 4.76. The molecule has 0 bridgehead atoms. The number of amides is 1. The molecule has 1 aliphatic heterocycles. The van der Waals surface area contributed by atoms with Crippen molar-refractivity contribution in [1.82, 2.24) is 20.3 Å². The summed E-state index contributed by atoms with van der Waals surface area (Å²) in [6.45, 7) is 4.48. The zero-order valence-electron chi connectivity index (χ0n) is 18.0. The van der Waals surface area contributed by atoms with Crippen LogP contribution in [0.25, 0.3) is 10.9 Å². The molecule has 1 saturated heterocycles. The number of aryl methyl sites for hydroxylation is 1. The molecule has 11 heteroatoms. The first-order valence-corrected chi connectivity index (χ1v) is 10.4. The molecule has 0 unspecified atom stereocenters. The summed E-state index contributed by atoms with van der Waals surface area (Å²) in [5.74, 6) is 0.584. The zero-order chi connectivity index (χ0) is 23.7. The number of hydrogen-bond donors (Lipinski definition) is 3. The zero-order valence-corrected chi connectivity index (χ0v) is 18.0. The van der Waals surface area contributed by atoms with Gasteiger partial charge in [0.15, 0.2) is 0 Å². The number of halogens is 3. The van der Waals surface area contributed by atoms with E-state index in [1.165, 1.54) is 12.1 Å². The number of carboxylic acid groups (broad SMARTS) is 1. The minimum absolute atomic E-state index is 0.105. The van der Waals surface area contributed by atoms with Crippen LogP contribution in [0.5, 0.6) is 0 Å². The number of benzene rings is 1. The van der Waals surface area contributed by atoms with Crippen LogP contribution in [0.15, 0.2) is 30.5 Å². The molecule has 3 heterocycles. The number of aromatic nitrogens is 3. The molecule has 1 aromatic carbocycles. The van der Waals surface area contributed by atoms with Gasteiger partial charge in [-0.15, -0.1) is 0 Å². The van der Waals surface area contributed by atoms with Crippen LogP contribution in [0.1, 0.15) is 42.8 Å². The van der Waals surface area contributed by atoms with Crippen molar-refractivity contribution in [2.24, 2.45) is 0 Å². The predicted molar refractivity (Wildman–Crippen MR) is 117 cm³/mol. The van der Waals surface area contributed by atoms with Crippen molar-refractivity contribution in [2.75, 3.05) is 23.3 Å². The summed E-state index contributed by atoms with van der Waals surface area (Å²) in [4.78, 5) is 26.2. The maximum atomic E-state index is 14.6. The molecule has 1 aliphatic rings. The molecule has 0 saturated carbocycles. The van der Waals surface area contributed by atoms with Gasteiger partial charge >= 0.3 is 6.09 Å². The quantitative estimate of drug-likeness (QED) is 0.500. The Kier molecular flexibility index (Phi) is 6.21. The lowest BCUT2D eigenvalue weighted by Crippen LogP contribution is -2.36. The Hall–Kier alpha value is -3.63. The first kappa shape index (κ1) is 22.6. The summed E-state index contributed by atoms with van der Waals surface area (Å²) >= 11 is 0. The van der Waals surface area contributed by atoms with Gasteiger partial charge in [0.25, 0.3) is 6.43 Å². The highest BCUT2D eigenvalue weighted by atomic mass is 19.3. The van der Waals surface area contributed by atoms with E-state index in [9.17, 15) is 18.0 Å². The molecule has 174 valence electrons. The highest BCUT2D eigenvalue weighted by Crippen LogP contribution is 2.31. The molecule has 0 radical (unpaired) electrons. The van der Waals surface area contributed by atoms with Gasteiger partial charge in [-0.05, 0) is 26.3 Å². The Labute approximate surface area is 187 Å². The van der Waals surface area contributed by atoms with Crippen molar-refractivity contribution in [1.29, 1.82) is 0 Å². The Balaban J connectivity index is 1.64. The van der Waals surface area contributed by atoms with Crippen molar-refractivity contribution in [3.05, 3.63) is 53.2 Å². The molecule has 3 N–H and O–H groups in total. The minimum atomic E-state index is -2.91. The normalized spacial score (nSPS) is 16.9. The Morgan fingerprint density at radius 3 is 2.76 bits per heavy atom. The smallest absolute Gasteiger partial charge is 0.404 e. The van der Waals surface area contributed by atoms with E-state index < -0.39 is 29.9 Å². The Morgan fingerprint density at radius 2 is 2.03 bits per heavy atom.